The summed E-state index contributed by atoms with van der Waals surface area (Å²) in [6.07, 6.45) is 5.87. The summed E-state index contributed by atoms with van der Waals surface area (Å²) in [4.78, 5) is 2.20. The smallest absolute Gasteiger partial charge is 0.215 e. The molecule has 2 N–H and O–H groups in total. The van der Waals surface area contributed by atoms with Crippen molar-refractivity contribution in [1.29, 1.82) is 0 Å². The van der Waals surface area contributed by atoms with Gasteiger partial charge in [-0.2, -0.15) is 0 Å². The van der Waals surface area contributed by atoms with Crippen LogP contribution in [0.25, 0.3) is 0 Å². The molecular formula is C17H26N2O3S. The third-order valence-corrected chi connectivity index (χ3v) is 6.85. The second-order valence-corrected chi connectivity index (χ2v) is 8.80. The number of rotatable bonds is 5. The van der Waals surface area contributed by atoms with Gasteiger partial charge >= 0.3 is 0 Å². The lowest BCUT2D eigenvalue weighted by molar-refractivity contribution is 0.221. The fraction of sp³-hybridized carbons (Fsp3) is 0.647. The van der Waals surface area contributed by atoms with Gasteiger partial charge in [0.05, 0.1) is 5.25 Å². The van der Waals surface area contributed by atoms with Crippen LogP contribution in [0.3, 0.4) is 0 Å². The topological polar surface area (TPSA) is 69.6 Å². The van der Waals surface area contributed by atoms with E-state index in [1.165, 1.54) is 0 Å². The van der Waals surface area contributed by atoms with E-state index in [9.17, 15) is 13.5 Å². The van der Waals surface area contributed by atoms with Crippen molar-refractivity contribution in [3.8, 4) is 5.75 Å². The van der Waals surface area contributed by atoms with Crippen LogP contribution in [0.1, 0.15) is 44.1 Å². The van der Waals surface area contributed by atoms with E-state index in [1.807, 2.05) is 12.1 Å². The molecule has 0 aromatic heterocycles. The van der Waals surface area contributed by atoms with E-state index >= 15 is 0 Å². The van der Waals surface area contributed by atoms with E-state index in [0.29, 0.717) is 6.54 Å². The van der Waals surface area contributed by atoms with Crippen molar-refractivity contribution in [2.45, 2.75) is 56.4 Å². The van der Waals surface area contributed by atoms with E-state index in [0.717, 1.165) is 57.2 Å². The quantitative estimate of drug-likeness (QED) is 0.864. The van der Waals surface area contributed by atoms with Crippen molar-refractivity contribution in [2.24, 2.45) is 0 Å². The van der Waals surface area contributed by atoms with Gasteiger partial charge in [0.2, 0.25) is 10.0 Å². The molecule has 1 aromatic rings. The number of hydrogen-bond acceptors (Lipinski definition) is 4. The van der Waals surface area contributed by atoms with Crippen LogP contribution in [-0.2, 0) is 16.6 Å². The number of nitrogens with zero attached hydrogens (tertiary/aromatic N) is 1. The average molecular weight is 338 g/mol. The molecule has 1 atom stereocenters. The molecule has 2 aliphatic rings. The first kappa shape index (κ1) is 16.7. The number of sulfonamides is 1. The maximum absolute atomic E-state index is 12.6. The molecule has 1 saturated carbocycles. The summed E-state index contributed by atoms with van der Waals surface area (Å²) in [5.41, 5.74) is 1.10. The van der Waals surface area contributed by atoms with Crippen molar-refractivity contribution >= 4 is 10.0 Å². The van der Waals surface area contributed by atoms with Crippen LogP contribution in [0, 0.1) is 0 Å². The molecule has 1 aromatic carbocycles. The molecule has 1 heterocycles. The van der Waals surface area contributed by atoms with E-state index in [4.69, 9.17) is 0 Å². The van der Waals surface area contributed by atoms with E-state index < -0.39 is 10.0 Å². The van der Waals surface area contributed by atoms with Gasteiger partial charge in [-0.1, -0.05) is 25.0 Å². The number of aromatic hydroxyl groups is 1. The zero-order valence-electron chi connectivity index (χ0n) is 13.4. The van der Waals surface area contributed by atoms with Crippen molar-refractivity contribution in [2.75, 3.05) is 13.1 Å². The van der Waals surface area contributed by atoms with E-state index in [1.54, 1.807) is 12.1 Å². The predicted molar refractivity (Wildman–Crippen MR) is 90.7 cm³/mol. The lowest BCUT2D eigenvalue weighted by Gasteiger charge is -2.33. The Morgan fingerprint density at radius 2 is 1.78 bits per heavy atom. The number of benzene rings is 1. The van der Waals surface area contributed by atoms with Gasteiger partial charge in [-0.3, -0.25) is 4.90 Å². The first-order valence-corrected chi connectivity index (χ1v) is 10.1. The fourth-order valence-corrected chi connectivity index (χ4v) is 5.42. The molecule has 0 bridgehead atoms. The Morgan fingerprint density at radius 1 is 1.09 bits per heavy atom. The number of hydrogen-bond donors (Lipinski definition) is 2. The van der Waals surface area contributed by atoms with Gasteiger partial charge in [-0.05, 0) is 49.9 Å². The largest absolute Gasteiger partial charge is 0.508 e. The van der Waals surface area contributed by atoms with Gasteiger partial charge in [0.1, 0.15) is 5.75 Å². The van der Waals surface area contributed by atoms with Crippen LogP contribution in [0.4, 0.5) is 0 Å². The standard InChI is InChI=1S/C17H26N2O3S/c20-16-9-7-14(8-10-16)12-19-11-3-6-17(13-19)23(21,22)18-15-4-1-2-5-15/h7-10,15,17-18,20H,1-6,11-13H2. The molecule has 1 saturated heterocycles. The second kappa shape index (κ2) is 7.20. The van der Waals surface area contributed by atoms with E-state index in [-0.39, 0.29) is 17.0 Å². The molecule has 23 heavy (non-hydrogen) atoms. The molecular weight excluding hydrogens is 312 g/mol. The van der Waals surface area contributed by atoms with Crippen LogP contribution in [0.15, 0.2) is 24.3 Å². The molecule has 3 rings (SSSR count). The number of nitrogens with one attached hydrogen (secondary N) is 1. The highest BCUT2D eigenvalue weighted by Crippen LogP contribution is 2.23. The molecule has 1 aliphatic heterocycles. The van der Waals surface area contributed by atoms with Crippen LogP contribution < -0.4 is 4.72 Å². The fourth-order valence-electron chi connectivity index (χ4n) is 3.64. The summed E-state index contributed by atoms with van der Waals surface area (Å²) in [7, 11) is -3.23. The Hall–Kier alpha value is -1.11. The Bertz CT molecular complexity index is 609. The molecule has 0 spiro atoms. The third-order valence-electron chi connectivity index (χ3n) is 4.93. The summed E-state index contributed by atoms with van der Waals surface area (Å²) in [5, 5.41) is 9.03. The molecule has 128 valence electrons. The Labute approximate surface area is 138 Å². The van der Waals surface area contributed by atoms with Crippen LogP contribution >= 0.6 is 0 Å². The maximum Gasteiger partial charge on any atom is 0.215 e. The Kier molecular flexibility index (Phi) is 5.24. The molecule has 6 heteroatoms. The maximum atomic E-state index is 12.6. The van der Waals surface area contributed by atoms with Gasteiger partial charge in [0, 0.05) is 19.1 Å². The summed E-state index contributed by atoms with van der Waals surface area (Å²) < 4.78 is 28.2. The third kappa shape index (κ3) is 4.46. The van der Waals surface area contributed by atoms with Gasteiger partial charge in [-0.25, -0.2) is 13.1 Å². The normalized spacial score (nSPS) is 24.1. The highest BCUT2D eigenvalue weighted by molar-refractivity contribution is 7.90. The minimum Gasteiger partial charge on any atom is -0.508 e. The minimum atomic E-state index is -3.23. The van der Waals surface area contributed by atoms with Gasteiger partial charge in [0.15, 0.2) is 0 Å². The van der Waals surface area contributed by atoms with Crippen molar-refractivity contribution < 1.29 is 13.5 Å². The SMILES string of the molecule is O=S(=O)(NC1CCCC1)C1CCCN(Cc2ccc(O)cc2)C1. The summed E-state index contributed by atoms with van der Waals surface area (Å²) in [5.74, 6) is 0.258. The summed E-state index contributed by atoms with van der Waals surface area (Å²) in [6.45, 7) is 2.25. The molecule has 0 amide bonds. The zero-order valence-corrected chi connectivity index (χ0v) is 14.3. The number of phenols is 1. The number of likely N-dealkylation sites (tertiary alicyclic amines) is 1. The molecule has 2 fully saturated rings. The Morgan fingerprint density at radius 3 is 2.48 bits per heavy atom. The van der Waals surface area contributed by atoms with Gasteiger partial charge in [-0.15, -0.1) is 0 Å². The first-order chi connectivity index (χ1) is 11.0. The van der Waals surface area contributed by atoms with Crippen molar-refractivity contribution in [3.63, 3.8) is 0 Å². The molecule has 0 radical (unpaired) electrons. The predicted octanol–water partition coefficient (Wildman–Crippen LogP) is 2.22. The second-order valence-electron chi connectivity index (χ2n) is 6.81. The van der Waals surface area contributed by atoms with Crippen molar-refractivity contribution in [1.82, 2.24) is 9.62 Å². The van der Waals surface area contributed by atoms with Crippen LogP contribution in [0.2, 0.25) is 0 Å². The van der Waals surface area contributed by atoms with E-state index in [2.05, 4.69) is 9.62 Å². The first-order valence-electron chi connectivity index (χ1n) is 8.54. The number of piperidine rings is 1. The highest BCUT2D eigenvalue weighted by atomic mass is 32.2. The monoisotopic (exact) mass is 338 g/mol. The lowest BCUT2D eigenvalue weighted by Crippen LogP contribution is -2.48. The number of phenolic OH excluding ortho intramolecular Hbond substituents is 1. The van der Waals surface area contributed by atoms with Gasteiger partial charge < -0.3 is 5.11 Å². The van der Waals surface area contributed by atoms with Crippen molar-refractivity contribution in [3.05, 3.63) is 29.8 Å². The molecule has 1 aliphatic carbocycles. The van der Waals surface area contributed by atoms with Crippen LogP contribution in [-0.4, -0.2) is 42.8 Å². The molecule has 1 unspecified atom stereocenters. The summed E-state index contributed by atoms with van der Waals surface area (Å²) in [6, 6.07) is 7.28. The average Bonchev–Trinajstić information content (AvgIpc) is 3.02. The lowest BCUT2D eigenvalue weighted by atomic mass is 10.1. The molecule has 5 nitrogen and oxygen atoms in total. The van der Waals surface area contributed by atoms with Crippen LogP contribution in [0.5, 0.6) is 5.75 Å². The Balaban J connectivity index is 1.59. The zero-order chi connectivity index (χ0) is 16.3. The summed E-state index contributed by atoms with van der Waals surface area (Å²) >= 11 is 0. The minimum absolute atomic E-state index is 0.146. The highest BCUT2D eigenvalue weighted by Gasteiger charge is 2.32. The van der Waals surface area contributed by atoms with Gasteiger partial charge in [0.25, 0.3) is 0 Å².